The van der Waals surface area contributed by atoms with Crippen molar-refractivity contribution in [3.63, 3.8) is 0 Å². The van der Waals surface area contributed by atoms with Crippen LogP contribution in [-0.4, -0.2) is 0 Å². The lowest BCUT2D eigenvalue weighted by Gasteiger charge is -2.09. The Morgan fingerprint density at radius 1 is 1.18 bits per heavy atom. The van der Waals surface area contributed by atoms with Gasteiger partial charge in [-0.1, -0.05) is 45.7 Å². The predicted octanol–water partition coefficient (Wildman–Crippen LogP) is 4.85. The van der Waals surface area contributed by atoms with Gasteiger partial charge >= 0.3 is 0 Å². The molecule has 0 atom stereocenters. The quantitative estimate of drug-likeness (QED) is 0.853. The van der Waals surface area contributed by atoms with Gasteiger partial charge in [0.05, 0.1) is 10.7 Å². The number of rotatable bonds is 3. The molecule has 0 amide bonds. The molecule has 17 heavy (non-hydrogen) atoms. The fourth-order valence-corrected chi connectivity index (χ4v) is 2.15. The Hall–Kier alpha value is -1.06. The second-order valence-electron chi connectivity index (χ2n) is 3.57. The minimum absolute atomic E-state index is 0.252. The monoisotopic (exact) mass is 313 g/mol. The Balaban J connectivity index is 2.10. The summed E-state index contributed by atoms with van der Waals surface area (Å²) in [5, 5.41) is 3.88. The fourth-order valence-electron chi connectivity index (χ4n) is 1.46. The van der Waals surface area contributed by atoms with E-state index in [0.29, 0.717) is 11.6 Å². The molecular weight excluding hydrogens is 305 g/mol. The van der Waals surface area contributed by atoms with Gasteiger partial charge < -0.3 is 5.32 Å². The molecule has 1 N–H and O–H groups in total. The van der Waals surface area contributed by atoms with Crippen LogP contribution in [0.3, 0.4) is 0 Å². The number of halogens is 3. The maximum atomic E-state index is 12.9. The first-order valence-electron chi connectivity index (χ1n) is 5.09. The number of hydrogen-bond acceptors (Lipinski definition) is 1. The summed E-state index contributed by atoms with van der Waals surface area (Å²) in [5.41, 5.74) is 1.84. The molecule has 0 saturated carbocycles. The van der Waals surface area contributed by atoms with E-state index in [0.717, 1.165) is 15.7 Å². The average Bonchev–Trinajstić information content (AvgIpc) is 2.30. The molecule has 0 saturated heterocycles. The van der Waals surface area contributed by atoms with Gasteiger partial charge in [-0.05, 0) is 29.8 Å². The van der Waals surface area contributed by atoms with Crippen LogP contribution in [0.5, 0.6) is 0 Å². The summed E-state index contributed by atoms with van der Waals surface area (Å²) in [5.74, 6) is -0.252. The van der Waals surface area contributed by atoms with Crippen LogP contribution in [0.4, 0.5) is 10.1 Å². The summed E-state index contributed by atoms with van der Waals surface area (Å²) in [7, 11) is 0. The number of anilines is 1. The van der Waals surface area contributed by atoms with Crippen molar-refractivity contribution in [2.75, 3.05) is 5.32 Å². The lowest BCUT2D eigenvalue weighted by Crippen LogP contribution is -2.00. The summed E-state index contributed by atoms with van der Waals surface area (Å²) in [6, 6.07) is 12.1. The number of nitrogens with one attached hydrogen (secondary N) is 1. The molecule has 0 fully saturated rings. The Labute approximate surface area is 113 Å². The average molecular weight is 315 g/mol. The molecule has 2 rings (SSSR count). The van der Waals surface area contributed by atoms with Crippen molar-refractivity contribution in [2.24, 2.45) is 0 Å². The van der Waals surface area contributed by atoms with Crippen LogP contribution in [-0.2, 0) is 6.54 Å². The Morgan fingerprint density at radius 3 is 2.65 bits per heavy atom. The summed E-state index contributed by atoms with van der Waals surface area (Å²) >= 11 is 9.35. The highest BCUT2D eigenvalue weighted by Crippen LogP contribution is 2.23. The first kappa shape index (κ1) is 12.4. The maximum absolute atomic E-state index is 12.9. The van der Waals surface area contributed by atoms with Gasteiger partial charge in [-0.25, -0.2) is 4.39 Å². The molecule has 0 bridgehead atoms. The third-order valence-electron chi connectivity index (χ3n) is 2.36. The molecule has 0 unspecified atom stereocenters. The first-order valence-corrected chi connectivity index (χ1v) is 6.26. The second kappa shape index (κ2) is 5.52. The van der Waals surface area contributed by atoms with Gasteiger partial charge in [0.25, 0.3) is 0 Å². The van der Waals surface area contributed by atoms with Gasteiger partial charge in [0.1, 0.15) is 5.82 Å². The van der Waals surface area contributed by atoms with Crippen LogP contribution in [0, 0.1) is 5.82 Å². The van der Waals surface area contributed by atoms with Gasteiger partial charge in [-0.2, -0.15) is 0 Å². The summed E-state index contributed by atoms with van der Waals surface area (Å²) < 4.78 is 13.7. The van der Waals surface area contributed by atoms with E-state index in [9.17, 15) is 4.39 Å². The van der Waals surface area contributed by atoms with Crippen molar-refractivity contribution in [1.82, 2.24) is 0 Å². The topological polar surface area (TPSA) is 12.0 Å². The smallest absolute Gasteiger partial charge is 0.124 e. The van der Waals surface area contributed by atoms with E-state index in [2.05, 4.69) is 21.2 Å². The normalized spacial score (nSPS) is 10.3. The van der Waals surface area contributed by atoms with E-state index >= 15 is 0 Å². The Kier molecular flexibility index (Phi) is 4.02. The largest absolute Gasteiger partial charge is 0.380 e. The molecule has 0 spiro atoms. The van der Waals surface area contributed by atoms with Crippen molar-refractivity contribution in [1.29, 1.82) is 0 Å². The molecule has 0 aliphatic heterocycles. The predicted molar refractivity (Wildman–Crippen MR) is 72.9 cm³/mol. The van der Waals surface area contributed by atoms with Crippen molar-refractivity contribution in [3.05, 3.63) is 63.3 Å². The van der Waals surface area contributed by atoms with Gasteiger partial charge in [0.2, 0.25) is 0 Å². The molecule has 0 aliphatic rings. The lowest BCUT2D eigenvalue weighted by atomic mass is 10.2. The fraction of sp³-hybridized carbons (Fsp3) is 0.0769. The van der Waals surface area contributed by atoms with Crippen molar-refractivity contribution >= 4 is 33.2 Å². The van der Waals surface area contributed by atoms with Crippen LogP contribution >= 0.6 is 27.5 Å². The number of para-hydroxylation sites is 1. The third kappa shape index (κ3) is 3.20. The van der Waals surface area contributed by atoms with Crippen molar-refractivity contribution in [3.8, 4) is 0 Å². The van der Waals surface area contributed by atoms with Crippen LogP contribution in [0.1, 0.15) is 5.56 Å². The molecule has 0 aliphatic carbocycles. The van der Waals surface area contributed by atoms with Gasteiger partial charge in [-0.3, -0.25) is 0 Å². The molecule has 4 heteroatoms. The lowest BCUT2D eigenvalue weighted by molar-refractivity contribution is 0.626. The minimum atomic E-state index is -0.252. The molecule has 2 aromatic carbocycles. The molecule has 0 aromatic heterocycles. The zero-order valence-electron chi connectivity index (χ0n) is 8.88. The SMILES string of the molecule is Fc1ccc(CNc2ccccc2Cl)c(Br)c1. The van der Waals surface area contributed by atoms with Gasteiger partial charge in [0, 0.05) is 11.0 Å². The molecule has 88 valence electrons. The molecular formula is C13H10BrClFN. The van der Waals surface area contributed by atoms with Crippen LogP contribution in [0.25, 0.3) is 0 Å². The Bertz CT molecular complexity index is 531. The molecule has 2 aromatic rings. The van der Waals surface area contributed by atoms with Crippen LogP contribution < -0.4 is 5.32 Å². The van der Waals surface area contributed by atoms with Crippen molar-refractivity contribution in [2.45, 2.75) is 6.54 Å². The van der Waals surface area contributed by atoms with E-state index in [1.165, 1.54) is 12.1 Å². The molecule has 0 radical (unpaired) electrons. The molecule has 1 nitrogen and oxygen atoms in total. The summed E-state index contributed by atoms with van der Waals surface area (Å²) in [6.07, 6.45) is 0. The first-order chi connectivity index (χ1) is 8.16. The van der Waals surface area contributed by atoms with E-state index in [1.807, 2.05) is 24.3 Å². The number of benzene rings is 2. The second-order valence-corrected chi connectivity index (χ2v) is 4.83. The zero-order chi connectivity index (χ0) is 12.3. The maximum Gasteiger partial charge on any atom is 0.124 e. The highest BCUT2D eigenvalue weighted by atomic mass is 79.9. The van der Waals surface area contributed by atoms with E-state index in [-0.39, 0.29) is 5.82 Å². The Morgan fingerprint density at radius 2 is 1.94 bits per heavy atom. The number of hydrogen-bond donors (Lipinski definition) is 1. The van der Waals surface area contributed by atoms with Crippen LogP contribution in [0.15, 0.2) is 46.9 Å². The standard InChI is InChI=1S/C13H10BrClFN/c14-11-7-10(16)6-5-9(11)8-17-13-4-2-1-3-12(13)15/h1-7,17H,8H2. The third-order valence-corrected chi connectivity index (χ3v) is 3.43. The summed E-state index contributed by atoms with van der Waals surface area (Å²) in [6.45, 7) is 0.588. The van der Waals surface area contributed by atoms with Gasteiger partial charge in [0.15, 0.2) is 0 Å². The minimum Gasteiger partial charge on any atom is -0.380 e. The highest BCUT2D eigenvalue weighted by Gasteiger charge is 2.03. The summed E-state index contributed by atoms with van der Waals surface area (Å²) in [4.78, 5) is 0. The zero-order valence-corrected chi connectivity index (χ0v) is 11.2. The van der Waals surface area contributed by atoms with Gasteiger partial charge in [-0.15, -0.1) is 0 Å². The van der Waals surface area contributed by atoms with Crippen molar-refractivity contribution < 1.29 is 4.39 Å². The molecule has 0 heterocycles. The highest BCUT2D eigenvalue weighted by molar-refractivity contribution is 9.10. The van der Waals surface area contributed by atoms with Crippen LogP contribution in [0.2, 0.25) is 5.02 Å². The van der Waals surface area contributed by atoms with E-state index < -0.39 is 0 Å². The van der Waals surface area contributed by atoms with E-state index in [1.54, 1.807) is 6.07 Å². The van der Waals surface area contributed by atoms with E-state index in [4.69, 9.17) is 11.6 Å².